The van der Waals surface area contributed by atoms with Gasteiger partial charge in [-0.3, -0.25) is 14.6 Å². The number of hydrogen-bond donors (Lipinski definition) is 2. The van der Waals surface area contributed by atoms with E-state index in [0.29, 0.717) is 6.54 Å². The molecule has 110 valence electrons. The molecule has 5 heteroatoms. The molecule has 1 saturated carbocycles. The van der Waals surface area contributed by atoms with Crippen molar-refractivity contribution >= 4 is 11.9 Å². The first kappa shape index (κ1) is 13.8. The fourth-order valence-corrected chi connectivity index (χ4v) is 3.50. The van der Waals surface area contributed by atoms with Crippen molar-refractivity contribution in [3.05, 3.63) is 42.2 Å². The van der Waals surface area contributed by atoms with Crippen LogP contribution in [0.5, 0.6) is 0 Å². The van der Waals surface area contributed by atoms with Crippen LogP contribution >= 0.6 is 0 Å². The highest BCUT2D eigenvalue weighted by molar-refractivity contribution is 5.86. The zero-order valence-corrected chi connectivity index (χ0v) is 11.6. The first-order valence-corrected chi connectivity index (χ1v) is 7.24. The summed E-state index contributed by atoms with van der Waals surface area (Å²) in [5.41, 5.74) is 0.960. The number of allylic oxidation sites excluding steroid dienone is 2. The highest BCUT2D eigenvalue weighted by Gasteiger charge is 2.47. The average molecular weight is 286 g/mol. The summed E-state index contributed by atoms with van der Waals surface area (Å²) in [5, 5.41) is 12.3. The summed E-state index contributed by atoms with van der Waals surface area (Å²) in [7, 11) is 0. The number of amides is 1. The summed E-state index contributed by atoms with van der Waals surface area (Å²) in [4.78, 5) is 27.9. The van der Waals surface area contributed by atoms with Crippen LogP contribution in [0.25, 0.3) is 0 Å². The smallest absolute Gasteiger partial charge is 0.307 e. The molecule has 0 aromatic carbocycles. The number of aliphatic carboxylic acids is 1. The van der Waals surface area contributed by atoms with Crippen molar-refractivity contribution in [3.63, 3.8) is 0 Å². The Morgan fingerprint density at radius 3 is 2.33 bits per heavy atom. The highest BCUT2D eigenvalue weighted by Crippen LogP contribution is 2.45. The Hall–Kier alpha value is -2.17. The van der Waals surface area contributed by atoms with E-state index in [1.165, 1.54) is 0 Å². The van der Waals surface area contributed by atoms with Gasteiger partial charge in [-0.2, -0.15) is 0 Å². The predicted octanol–water partition coefficient (Wildman–Crippen LogP) is 1.61. The summed E-state index contributed by atoms with van der Waals surface area (Å²) in [5.74, 6) is -2.02. The van der Waals surface area contributed by atoms with Crippen LogP contribution in [0.1, 0.15) is 18.4 Å². The maximum absolute atomic E-state index is 12.5. The maximum atomic E-state index is 12.5. The van der Waals surface area contributed by atoms with Crippen LogP contribution in [0.2, 0.25) is 0 Å². The van der Waals surface area contributed by atoms with E-state index < -0.39 is 17.8 Å². The van der Waals surface area contributed by atoms with Crippen molar-refractivity contribution in [1.82, 2.24) is 10.3 Å². The molecule has 21 heavy (non-hydrogen) atoms. The van der Waals surface area contributed by atoms with E-state index in [1.54, 1.807) is 12.4 Å². The van der Waals surface area contributed by atoms with Gasteiger partial charge >= 0.3 is 5.97 Å². The summed E-state index contributed by atoms with van der Waals surface area (Å²) < 4.78 is 0. The molecule has 5 nitrogen and oxygen atoms in total. The van der Waals surface area contributed by atoms with E-state index in [9.17, 15) is 14.7 Å². The maximum Gasteiger partial charge on any atom is 0.307 e. The normalized spacial score (nSPS) is 30.1. The number of carbonyl (C=O) groups excluding carboxylic acids is 1. The third-order valence-corrected chi connectivity index (χ3v) is 4.55. The Balaban J connectivity index is 1.71. The fourth-order valence-electron chi connectivity index (χ4n) is 3.50. The van der Waals surface area contributed by atoms with Gasteiger partial charge in [-0.15, -0.1) is 0 Å². The van der Waals surface area contributed by atoms with Crippen molar-refractivity contribution in [2.24, 2.45) is 23.7 Å². The molecule has 2 N–H and O–H groups in total. The van der Waals surface area contributed by atoms with Crippen LogP contribution in [0, 0.1) is 23.7 Å². The number of nitrogens with zero attached hydrogens (tertiary/aromatic N) is 1. The van der Waals surface area contributed by atoms with Crippen molar-refractivity contribution in [2.75, 3.05) is 0 Å². The minimum atomic E-state index is -0.863. The quantitative estimate of drug-likeness (QED) is 0.824. The van der Waals surface area contributed by atoms with Gasteiger partial charge < -0.3 is 10.4 Å². The number of rotatable bonds is 4. The van der Waals surface area contributed by atoms with Crippen LogP contribution in [0.15, 0.2) is 36.7 Å². The molecular formula is C16H18N2O3. The summed E-state index contributed by atoms with van der Waals surface area (Å²) in [6.45, 7) is 0.408. The molecule has 0 saturated heterocycles. The summed E-state index contributed by atoms with van der Waals surface area (Å²) in [6.07, 6.45) is 9.11. The van der Waals surface area contributed by atoms with Gasteiger partial charge in [0.2, 0.25) is 5.91 Å². The zero-order chi connectivity index (χ0) is 14.8. The van der Waals surface area contributed by atoms with Gasteiger partial charge in [-0.05, 0) is 42.4 Å². The van der Waals surface area contributed by atoms with Crippen molar-refractivity contribution in [2.45, 2.75) is 19.4 Å². The highest BCUT2D eigenvalue weighted by atomic mass is 16.4. The van der Waals surface area contributed by atoms with E-state index in [4.69, 9.17) is 0 Å². The first-order chi connectivity index (χ1) is 10.2. The number of carboxylic acid groups (broad SMARTS) is 1. The van der Waals surface area contributed by atoms with Crippen molar-refractivity contribution in [1.29, 1.82) is 0 Å². The molecule has 4 atom stereocenters. The third kappa shape index (κ3) is 2.68. The van der Waals surface area contributed by atoms with E-state index in [-0.39, 0.29) is 17.7 Å². The number of pyridine rings is 1. The zero-order valence-electron chi connectivity index (χ0n) is 11.6. The average Bonchev–Trinajstić information content (AvgIpc) is 2.53. The third-order valence-electron chi connectivity index (χ3n) is 4.55. The number of fused-ring (bicyclic) bond motifs is 2. The molecule has 1 aromatic rings. The fraction of sp³-hybridized carbons (Fsp3) is 0.438. The number of hydrogen-bond acceptors (Lipinski definition) is 3. The molecule has 0 unspecified atom stereocenters. The van der Waals surface area contributed by atoms with E-state index in [1.807, 2.05) is 24.3 Å². The molecule has 3 aliphatic rings. The summed E-state index contributed by atoms with van der Waals surface area (Å²) >= 11 is 0. The lowest BCUT2D eigenvalue weighted by molar-refractivity contribution is -0.153. The molecule has 0 aliphatic heterocycles. The van der Waals surface area contributed by atoms with Crippen LogP contribution in [-0.4, -0.2) is 22.0 Å². The Labute approximate surface area is 123 Å². The number of carboxylic acids is 1. The Kier molecular flexibility index (Phi) is 3.73. The summed E-state index contributed by atoms with van der Waals surface area (Å²) in [6, 6.07) is 3.67. The molecule has 0 spiro atoms. The van der Waals surface area contributed by atoms with Gasteiger partial charge in [0, 0.05) is 18.9 Å². The second kappa shape index (κ2) is 5.68. The molecule has 1 amide bonds. The van der Waals surface area contributed by atoms with E-state index in [2.05, 4.69) is 10.3 Å². The lowest BCUT2D eigenvalue weighted by atomic mass is 9.62. The molecule has 2 bridgehead atoms. The van der Waals surface area contributed by atoms with Crippen LogP contribution < -0.4 is 5.32 Å². The SMILES string of the molecule is O=C(O)[C@H]1[C@H](C(=O)NCc2ccncc2)[C@H]2C=C[C@H]1CC2. The van der Waals surface area contributed by atoms with Gasteiger partial charge in [0.05, 0.1) is 11.8 Å². The molecule has 1 aromatic heterocycles. The van der Waals surface area contributed by atoms with Gasteiger partial charge in [0.25, 0.3) is 0 Å². The standard InChI is InChI=1S/C16H18N2O3/c19-15(18-9-10-5-7-17-8-6-10)13-11-1-3-12(4-2-11)14(13)16(20)21/h1,3,5-8,11-14H,2,4,9H2,(H,18,19)(H,20,21)/t11-,12-,13+,14+/m0/s1. The number of carbonyl (C=O) groups is 2. The van der Waals surface area contributed by atoms with Gasteiger partial charge in [-0.1, -0.05) is 12.2 Å². The Morgan fingerprint density at radius 1 is 1.14 bits per heavy atom. The first-order valence-electron chi connectivity index (χ1n) is 7.24. The molecule has 4 rings (SSSR count). The lowest BCUT2D eigenvalue weighted by Gasteiger charge is -2.41. The van der Waals surface area contributed by atoms with Crippen LogP contribution in [-0.2, 0) is 16.1 Å². The van der Waals surface area contributed by atoms with Crippen molar-refractivity contribution in [3.8, 4) is 0 Å². The largest absolute Gasteiger partial charge is 0.481 e. The van der Waals surface area contributed by atoms with E-state index >= 15 is 0 Å². The number of aromatic nitrogens is 1. The monoisotopic (exact) mass is 286 g/mol. The predicted molar refractivity (Wildman–Crippen MR) is 76.1 cm³/mol. The van der Waals surface area contributed by atoms with Crippen LogP contribution in [0.3, 0.4) is 0 Å². The van der Waals surface area contributed by atoms with Gasteiger partial charge in [0.15, 0.2) is 0 Å². The topological polar surface area (TPSA) is 79.3 Å². The van der Waals surface area contributed by atoms with E-state index in [0.717, 1.165) is 18.4 Å². The van der Waals surface area contributed by atoms with Crippen molar-refractivity contribution < 1.29 is 14.7 Å². The minimum Gasteiger partial charge on any atom is -0.481 e. The molecule has 0 radical (unpaired) electrons. The number of nitrogens with one attached hydrogen (secondary N) is 1. The van der Waals surface area contributed by atoms with Gasteiger partial charge in [-0.25, -0.2) is 0 Å². The van der Waals surface area contributed by atoms with Crippen LogP contribution in [0.4, 0.5) is 0 Å². The minimum absolute atomic E-state index is 0.0100. The second-order valence-electron chi connectivity index (χ2n) is 5.75. The molecular weight excluding hydrogens is 268 g/mol. The Bertz CT molecular complexity index is 570. The second-order valence-corrected chi connectivity index (χ2v) is 5.75. The Morgan fingerprint density at radius 2 is 1.76 bits per heavy atom. The molecule has 3 aliphatic carbocycles. The molecule has 1 fully saturated rings. The van der Waals surface area contributed by atoms with Gasteiger partial charge in [0.1, 0.15) is 0 Å². The molecule has 1 heterocycles. The lowest BCUT2D eigenvalue weighted by Crippen LogP contribution is -2.48.